The van der Waals surface area contributed by atoms with E-state index in [9.17, 15) is 0 Å². The van der Waals surface area contributed by atoms with Crippen LogP contribution in [0.5, 0.6) is 5.75 Å². The smallest absolute Gasteiger partial charge is 0.120 e. The van der Waals surface area contributed by atoms with E-state index in [4.69, 9.17) is 10.5 Å². The van der Waals surface area contributed by atoms with Gasteiger partial charge in [0, 0.05) is 10.5 Å². The van der Waals surface area contributed by atoms with Gasteiger partial charge in [0.15, 0.2) is 0 Å². The van der Waals surface area contributed by atoms with Gasteiger partial charge >= 0.3 is 0 Å². The van der Waals surface area contributed by atoms with Gasteiger partial charge in [-0.1, -0.05) is 34.6 Å². The van der Waals surface area contributed by atoms with Crippen LogP contribution in [0.3, 0.4) is 0 Å². The predicted octanol–water partition coefficient (Wildman–Crippen LogP) is 2.86. The minimum atomic E-state index is 0.173. The first-order valence-corrected chi connectivity index (χ1v) is 5.68. The first kappa shape index (κ1) is 12.3. The molecule has 82 valence electrons. The molecule has 0 heterocycles. The van der Waals surface area contributed by atoms with Crippen LogP contribution in [-0.2, 0) is 6.42 Å². The van der Waals surface area contributed by atoms with E-state index in [0.29, 0.717) is 6.61 Å². The van der Waals surface area contributed by atoms with Crippen LogP contribution < -0.4 is 10.5 Å². The molecule has 2 nitrogen and oxygen atoms in total. The molecule has 0 amide bonds. The van der Waals surface area contributed by atoms with E-state index in [0.717, 1.165) is 16.7 Å². The molecule has 0 fully saturated rings. The topological polar surface area (TPSA) is 35.2 Å². The van der Waals surface area contributed by atoms with E-state index in [1.807, 2.05) is 25.1 Å². The summed E-state index contributed by atoms with van der Waals surface area (Å²) >= 11 is 3.25. The van der Waals surface area contributed by atoms with Crippen molar-refractivity contribution in [1.29, 1.82) is 0 Å². The van der Waals surface area contributed by atoms with Crippen LogP contribution in [0.4, 0.5) is 0 Å². The highest BCUT2D eigenvalue weighted by atomic mass is 79.9. The fourth-order valence-electron chi connectivity index (χ4n) is 1.30. The molecule has 0 saturated heterocycles. The Morgan fingerprint density at radius 1 is 1.60 bits per heavy atom. The van der Waals surface area contributed by atoms with Gasteiger partial charge in [-0.15, -0.1) is 0 Å². The summed E-state index contributed by atoms with van der Waals surface area (Å²) in [6.07, 6.45) is 0.868. The second-order valence-electron chi connectivity index (χ2n) is 3.63. The molecular formula is C12H16BrNO. The summed E-state index contributed by atoms with van der Waals surface area (Å²) in [5.41, 5.74) is 6.93. The molecule has 3 heteroatoms. The van der Waals surface area contributed by atoms with Crippen molar-refractivity contribution >= 4 is 15.9 Å². The van der Waals surface area contributed by atoms with Gasteiger partial charge in [0.2, 0.25) is 0 Å². The molecule has 0 aliphatic rings. The number of halogens is 1. The summed E-state index contributed by atoms with van der Waals surface area (Å²) in [5, 5.41) is 0. The Hall–Kier alpha value is -0.800. The van der Waals surface area contributed by atoms with Gasteiger partial charge in [-0.25, -0.2) is 0 Å². The number of nitrogens with two attached hydrogens (primary N) is 1. The summed E-state index contributed by atoms with van der Waals surface area (Å²) in [7, 11) is 0. The molecule has 1 atom stereocenters. The van der Waals surface area contributed by atoms with E-state index >= 15 is 0 Å². The number of rotatable bonds is 5. The van der Waals surface area contributed by atoms with Gasteiger partial charge in [0.05, 0.1) is 0 Å². The second-order valence-corrected chi connectivity index (χ2v) is 4.76. The highest BCUT2D eigenvalue weighted by molar-refractivity contribution is 9.11. The number of hydrogen-bond acceptors (Lipinski definition) is 2. The summed E-state index contributed by atoms with van der Waals surface area (Å²) in [6, 6.07) is 8.15. The summed E-state index contributed by atoms with van der Waals surface area (Å²) in [5.74, 6) is 0.855. The molecule has 0 spiro atoms. The maximum absolute atomic E-state index is 5.73. The average molecular weight is 270 g/mol. The van der Waals surface area contributed by atoms with Crippen molar-refractivity contribution in [3.05, 3.63) is 40.9 Å². The summed E-state index contributed by atoms with van der Waals surface area (Å²) in [4.78, 5) is 0. The molecule has 1 rings (SSSR count). The molecule has 0 aromatic heterocycles. The van der Waals surface area contributed by atoms with Gasteiger partial charge in [-0.2, -0.15) is 0 Å². The number of ether oxygens (including phenoxy) is 1. The Morgan fingerprint density at radius 2 is 2.33 bits per heavy atom. The molecule has 1 aromatic carbocycles. The van der Waals surface area contributed by atoms with E-state index in [2.05, 4.69) is 28.6 Å². The maximum Gasteiger partial charge on any atom is 0.120 e. The van der Waals surface area contributed by atoms with Gasteiger partial charge in [0.25, 0.3) is 0 Å². The van der Waals surface area contributed by atoms with Crippen molar-refractivity contribution in [3.8, 4) is 5.75 Å². The van der Waals surface area contributed by atoms with Crippen LogP contribution in [0.2, 0.25) is 0 Å². The van der Waals surface area contributed by atoms with E-state index in [1.165, 1.54) is 5.56 Å². The van der Waals surface area contributed by atoms with Crippen LogP contribution in [0.25, 0.3) is 0 Å². The van der Waals surface area contributed by atoms with Crippen LogP contribution in [0.15, 0.2) is 35.3 Å². The molecule has 15 heavy (non-hydrogen) atoms. The molecule has 0 aliphatic heterocycles. The van der Waals surface area contributed by atoms with Crippen molar-refractivity contribution in [2.75, 3.05) is 6.61 Å². The van der Waals surface area contributed by atoms with Crippen LogP contribution in [-0.4, -0.2) is 12.6 Å². The van der Waals surface area contributed by atoms with Gasteiger partial charge in [0.1, 0.15) is 12.4 Å². The molecule has 0 aliphatic carbocycles. The Morgan fingerprint density at radius 3 is 2.93 bits per heavy atom. The minimum absolute atomic E-state index is 0.173. The zero-order valence-electron chi connectivity index (χ0n) is 8.87. The lowest BCUT2D eigenvalue weighted by molar-refractivity contribution is 0.360. The lowest BCUT2D eigenvalue weighted by atomic mass is 10.1. The fraction of sp³-hybridized carbons (Fsp3) is 0.333. The van der Waals surface area contributed by atoms with Crippen molar-refractivity contribution in [2.45, 2.75) is 19.4 Å². The predicted molar refractivity (Wildman–Crippen MR) is 67.4 cm³/mol. The fourth-order valence-corrected chi connectivity index (χ4v) is 1.41. The second kappa shape index (κ2) is 5.93. The third-order valence-electron chi connectivity index (χ3n) is 1.85. The van der Waals surface area contributed by atoms with Crippen LogP contribution in [0, 0.1) is 0 Å². The van der Waals surface area contributed by atoms with Gasteiger partial charge in [-0.3, -0.25) is 0 Å². The Kier molecular flexibility index (Phi) is 4.85. The molecule has 1 unspecified atom stereocenters. The number of hydrogen-bond donors (Lipinski definition) is 1. The van der Waals surface area contributed by atoms with Crippen molar-refractivity contribution in [3.63, 3.8) is 0 Å². The summed E-state index contributed by atoms with van der Waals surface area (Å²) < 4.78 is 6.34. The molecule has 1 aromatic rings. The highest BCUT2D eigenvalue weighted by Crippen LogP contribution is 2.15. The third kappa shape index (κ3) is 5.00. The van der Waals surface area contributed by atoms with Gasteiger partial charge in [-0.05, 0) is 31.0 Å². The minimum Gasteiger partial charge on any atom is -0.488 e. The third-order valence-corrected chi connectivity index (χ3v) is 2.08. The molecule has 2 N–H and O–H groups in total. The quantitative estimate of drug-likeness (QED) is 0.892. The lowest BCUT2D eigenvalue weighted by Crippen LogP contribution is -2.17. The molecule has 0 saturated carbocycles. The van der Waals surface area contributed by atoms with Gasteiger partial charge < -0.3 is 10.5 Å². The molecule has 0 bridgehead atoms. The van der Waals surface area contributed by atoms with E-state index in [-0.39, 0.29) is 6.04 Å². The average Bonchev–Trinajstić information content (AvgIpc) is 2.14. The summed E-state index contributed by atoms with van der Waals surface area (Å²) in [6.45, 7) is 6.19. The maximum atomic E-state index is 5.73. The van der Waals surface area contributed by atoms with Crippen LogP contribution >= 0.6 is 15.9 Å². The number of benzene rings is 1. The first-order chi connectivity index (χ1) is 7.08. The lowest BCUT2D eigenvalue weighted by Gasteiger charge is -2.08. The normalized spacial score (nSPS) is 12.2. The SMILES string of the molecule is C=C(Br)COc1cccc(CC(C)N)c1. The Bertz CT molecular complexity index is 336. The highest BCUT2D eigenvalue weighted by Gasteiger charge is 2.00. The molecular weight excluding hydrogens is 254 g/mol. The van der Waals surface area contributed by atoms with E-state index in [1.54, 1.807) is 0 Å². The Balaban J connectivity index is 2.61. The molecule has 0 radical (unpaired) electrons. The standard InChI is InChI=1S/C12H16BrNO/c1-9(13)8-15-12-5-3-4-11(7-12)6-10(2)14/h3-5,7,10H,1,6,8,14H2,2H3. The Labute approximate surface area is 99.3 Å². The van der Waals surface area contributed by atoms with Crippen molar-refractivity contribution < 1.29 is 4.74 Å². The van der Waals surface area contributed by atoms with Crippen molar-refractivity contribution in [1.82, 2.24) is 0 Å². The zero-order chi connectivity index (χ0) is 11.3. The first-order valence-electron chi connectivity index (χ1n) is 4.88. The largest absolute Gasteiger partial charge is 0.488 e. The van der Waals surface area contributed by atoms with Crippen LogP contribution in [0.1, 0.15) is 12.5 Å². The van der Waals surface area contributed by atoms with E-state index < -0.39 is 0 Å². The zero-order valence-corrected chi connectivity index (χ0v) is 10.5. The monoisotopic (exact) mass is 269 g/mol. The van der Waals surface area contributed by atoms with Crippen molar-refractivity contribution in [2.24, 2.45) is 5.73 Å².